The Morgan fingerprint density at radius 3 is 2.41 bits per heavy atom. The van der Waals surface area contributed by atoms with Gasteiger partial charge < -0.3 is 9.47 Å². The summed E-state index contributed by atoms with van der Waals surface area (Å²) in [6.45, 7) is 2.96. The number of hydrogen-bond acceptors (Lipinski definition) is 5. The van der Waals surface area contributed by atoms with Gasteiger partial charge in [0.05, 0.1) is 22.2 Å². The van der Waals surface area contributed by atoms with Crippen LogP contribution in [0.25, 0.3) is 6.08 Å². The zero-order chi connectivity index (χ0) is 24.1. The molecule has 0 aromatic heterocycles. The van der Waals surface area contributed by atoms with E-state index in [1.807, 2.05) is 79.7 Å². The third-order valence-corrected chi connectivity index (χ3v) is 7.22. The maximum atomic E-state index is 13.0. The fourth-order valence-electron chi connectivity index (χ4n) is 3.25. The van der Waals surface area contributed by atoms with Crippen molar-refractivity contribution in [3.63, 3.8) is 0 Å². The number of nitrogens with zero attached hydrogens (tertiary/aromatic N) is 2. The molecule has 1 heterocycles. The van der Waals surface area contributed by atoms with E-state index < -0.39 is 0 Å². The SMILES string of the molecule is CCN1C(=O)/C(=C\c2ccc(OCc3ccc(Br)cc3)c(Br)c2)SC1=Nc1ccc(OC)cc1. The third-order valence-electron chi connectivity index (χ3n) is 5.06. The Morgan fingerprint density at radius 1 is 1.03 bits per heavy atom. The van der Waals surface area contributed by atoms with E-state index in [-0.39, 0.29) is 5.91 Å². The smallest absolute Gasteiger partial charge is 0.266 e. The maximum Gasteiger partial charge on any atom is 0.266 e. The van der Waals surface area contributed by atoms with E-state index in [9.17, 15) is 4.79 Å². The Morgan fingerprint density at radius 2 is 1.76 bits per heavy atom. The van der Waals surface area contributed by atoms with E-state index in [0.717, 1.165) is 37.3 Å². The average Bonchev–Trinajstić information content (AvgIpc) is 3.13. The van der Waals surface area contributed by atoms with Crippen molar-refractivity contribution < 1.29 is 14.3 Å². The summed E-state index contributed by atoms with van der Waals surface area (Å²) in [6.07, 6.45) is 1.88. The standard InChI is InChI=1S/C26H22Br2N2O3S/c1-3-30-25(31)24(34-26(30)29-20-9-11-21(32-2)12-10-20)15-18-6-13-23(22(28)14-18)33-16-17-4-7-19(27)8-5-17/h4-15H,3,16H2,1-2H3/b24-15+,29-26?. The number of hydrogen-bond donors (Lipinski definition) is 0. The van der Waals surface area contributed by atoms with Gasteiger partial charge in [0.15, 0.2) is 5.17 Å². The van der Waals surface area contributed by atoms with Crippen molar-refractivity contribution in [1.82, 2.24) is 4.90 Å². The number of methoxy groups -OCH3 is 1. The fraction of sp³-hybridized carbons (Fsp3) is 0.154. The molecular weight excluding hydrogens is 580 g/mol. The molecule has 1 aliphatic rings. The maximum absolute atomic E-state index is 13.0. The summed E-state index contributed by atoms with van der Waals surface area (Å²) in [7, 11) is 1.63. The largest absolute Gasteiger partial charge is 0.497 e. The Hall–Kier alpha value is -2.55. The molecule has 0 aliphatic carbocycles. The number of amides is 1. The first kappa shape index (κ1) is 24.6. The molecule has 1 saturated heterocycles. The van der Waals surface area contributed by atoms with Crippen LogP contribution in [0.1, 0.15) is 18.1 Å². The normalized spacial score (nSPS) is 15.9. The molecule has 174 valence electrons. The van der Waals surface area contributed by atoms with E-state index >= 15 is 0 Å². The molecule has 8 heteroatoms. The summed E-state index contributed by atoms with van der Waals surface area (Å²) in [6, 6.07) is 21.3. The van der Waals surface area contributed by atoms with Gasteiger partial charge in [-0.3, -0.25) is 9.69 Å². The van der Waals surface area contributed by atoms with Gasteiger partial charge in [0.2, 0.25) is 0 Å². The van der Waals surface area contributed by atoms with Crippen molar-refractivity contribution in [3.05, 3.63) is 91.7 Å². The number of carbonyl (C=O) groups is 1. The summed E-state index contributed by atoms with van der Waals surface area (Å²) in [4.78, 5) is 20.0. The number of carbonyl (C=O) groups excluding carboxylic acids is 1. The van der Waals surface area contributed by atoms with Crippen LogP contribution in [0.3, 0.4) is 0 Å². The molecule has 3 aromatic rings. The Labute approximate surface area is 220 Å². The predicted octanol–water partition coefficient (Wildman–Crippen LogP) is 7.42. The molecule has 0 N–H and O–H groups in total. The summed E-state index contributed by atoms with van der Waals surface area (Å²) < 4.78 is 13.0. The minimum atomic E-state index is -0.0496. The van der Waals surface area contributed by atoms with Crippen LogP contribution in [0.15, 0.2) is 85.6 Å². The van der Waals surface area contributed by atoms with Crippen molar-refractivity contribution >= 4 is 66.5 Å². The molecule has 0 saturated carbocycles. The number of thioether (sulfide) groups is 1. The van der Waals surface area contributed by atoms with Gasteiger partial charge in [0, 0.05) is 11.0 Å². The van der Waals surface area contributed by atoms with Gasteiger partial charge in [-0.1, -0.05) is 34.1 Å². The average molecular weight is 602 g/mol. The van der Waals surface area contributed by atoms with Gasteiger partial charge in [-0.05, 0) is 100 Å². The molecule has 1 aliphatic heterocycles. The molecule has 0 bridgehead atoms. The highest BCUT2D eigenvalue weighted by atomic mass is 79.9. The fourth-order valence-corrected chi connectivity index (χ4v) is 5.09. The second-order valence-corrected chi connectivity index (χ2v) is 10.1. The first-order valence-electron chi connectivity index (χ1n) is 10.6. The topological polar surface area (TPSA) is 51.1 Å². The summed E-state index contributed by atoms with van der Waals surface area (Å²) in [5.74, 6) is 1.46. The quantitative estimate of drug-likeness (QED) is 0.264. The van der Waals surface area contributed by atoms with Crippen LogP contribution in [0, 0.1) is 0 Å². The molecule has 4 rings (SSSR count). The summed E-state index contributed by atoms with van der Waals surface area (Å²) in [5.41, 5.74) is 2.75. The molecule has 0 atom stereocenters. The monoisotopic (exact) mass is 600 g/mol. The first-order chi connectivity index (χ1) is 16.5. The number of halogens is 2. The lowest BCUT2D eigenvalue weighted by Gasteiger charge is -2.12. The van der Waals surface area contributed by atoms with Crippen LogP contribution < -0.4 is 9.47 Å². The molecule has 0 radical (unpaired) electrons. The summed E-state index contributed by atoms with van der Waals surface area (Å²) in [5, 5.41) is 0.664. The van der Waals surface area contributed by atoms with Crippen LogP contribution >= 0.6 is 43.6 Å². The van der Waals surface area contributed by atoms with Gasteiger partial charge in [-0.15, -0.1) is 0 Å². The Kier molecular flexibility index (Phi) is 8.13. The lowest BCUT2D eigenvalue weighted by Crippen LogP contribution is -2.28. The number of benzene rings is 3. The minimum Gasteiger partial charge on any atom is -0.497 e. The van der Waals surface area contributed by atoms with Crippen LogP contribution in [0.2, 0.25) is 0 Å². The van der Waals surface area contributed by atoms with E-state index in [4.69, 9.17) is 9.47 Å². The first-order valence-corrected chi connectivity index (χ1v) is 13.0. The number of likely N-dealkylation sites (N-methyl/N-ethyl adjacent to an activating group) is 1. The minimum absolute atomic E-state index is 0.0496. The molecular formula is C26H22Br2N2O3S. The number of aliphatic imine (C=N–C) groups is 1. The zero-order valence-electron chi connectivity index (χ0n) is 18.6. The Balaban J connectivity index is 1.49. The molecule has 34 heavy (non-hydrogen) atoms. The molecule has 5 nitrogen and oxygen atoms in total. The highest BCUT2D eigenvalue weighted by Crippen LogP contribution is 2.35. The lowest BCUT2D eigenvalue weighted by molar-refractivity contribution is -0.122. The lowest BCUT2D eigenvalue weighted by atomic mass is 10.2. The van der Waals surface area contributed by atoms with Crippen molar-refractivity contribution in [3.8, 4) is 11.5 Å². The second kappa shape index (κ2) is 11.3. The predicted molar refractivity (Wildman–Crippen MR) is 146 cm³/mol. The van der Waals surface area contributed by atoms with Gasteiger partial charge >= 0.3 is 0 Å². The van der Waals surface area contributed by atoms with Crippen molar-refractivity contribution in [2.24, 2.45) is 4.99 Å². The molecule has 1 fully saturated rings. The van der Waals surface area contributed by atoms with Crippen molar-refractivity contribution in [2.75, 3.05) is 13.7 Å². The Bertz CT molecular complexity index is 1240. The molecule has 0 unspecified atom stereocenters. The van der Waals surface area contributed by atoms with Crippen LogP contribution in [-0.4, -0.2) is 29.6 Å². The van der Waals surface area contributed by atoms with Gasteiger partial charge in [-0.25, -0.2) is 4.99 Å². The van der Waals surface area contributed by atoms with E-state index in [0.29, 0.717) is 23.2 Å². The number of ether oxygens (including phenoxy) is 2. The van der Waals surface area contributed by atoms with E-state index in [2.05, 4.69) is 36.9 Å². The van der Waals surface area contributed by atoms with Crippen molar-refractivity contribution in [2.45, 2.75) is 13.5 Å². The van der Waals surface area contributed by atoms with Gasteiger partial charge in [0.25, 0.3) is 5.91 Å². The van der Waals surface area contributed by atoms with E-state index in [1.165, 1.54) is 11.8 Å². The second-order valence-electron chi connectivity index (χ2n) is 7.36. The van der Waals surface area contributed by atoms with Crippen molar-refractivity contribution in [1.29, 1.82) is 0 Å². The number of rotatable bonds is 7. The zero-order valence-corrected chi connectivity index (χ0v) is 22.6. The van der Waals surface area contributed by atoms with Gasteiger partial charge in [0.1, 0.15) is 18.1 Å². The van der Waals surface area contributed by atoms with E-state index in [1.54, 1.807) is 12.0 Å². The highest BCUT2D eigenvalue weighted by Gasteiger charge is 2.32. The highest BCUT2D eigenvalue weighted by molar-refractivity contribution is 9.10. The molecule has 1 amide bonds. The molecule has 3 aromatic carbocycles. The van der Waals surface area contributed by atoms with Crippen LogP contribution in [-0.2, 0) is 11.4 Å². The third kappa shape index (κ3) is 5.92. The van der Waals surface area contributed by atoms with Gasteiger partial charge in [-0.2, -0.15) is 0 Å². The van der Waals surface area contributed by atoms with Crippen LogP contribution in [0.5, 0.6) is 11.5 Å². The molecule has 0 spiro atoms. The van der Waals surface area contributed by atoms with Crippen LogP contribution in [0.4, 0.5) is 5.69 Å². The number of amidine groups is 1. The summed E-state index contributed by atoms with van der Waals surface area (Å²) >= 11 is 8.41.